The average molecular weight is 636 g/mol. The van der Waals surface area contributed by atoms with E-state index in [1.54, 1.807) is 19.1 Å². The van der Waals surface area contributed by atoms with Crippen LogP contribution in [-0.2, 0) is 20.0 Å². The number of sulfonamides is 2. The number of carbonyl (C=O) groups excluding carboxylic acids is 1. The normalized spacial score (nSPS) is 18.5. The lowest BCUT2D eigenvalue weighted by Crippen LogP contribution is -2.50. The topological polar surface area (TPSA) is 133 Å². The number of aryl methyl sites for hydroxylation is 1. The molecule has 0 saturated heterocycles. The number of aliphatic hydroxyl groups is 1. The number of hydrogen-bond acceptors (Lipinski definition) is 7. The Balaban J connectivity index is 1.76. The highest BCUT2D eigenvalue weighted by Crippen LogP contribution is 2.36. The van der Waals surface area contributed by atoms with Gasteiger partial charge in [-0.25, -0.2) is 16.8 Å². The van der Waals surface area contributed by atoms with Crippen LogP contribution in [-0.4, -0.2) is 75.9 Å². The number of halogens is 1. The molecule has 2 N–H and O–H groups in total. The lowest BCUT2D eigenvalue weighted by Gasteiger charge is -2.38. The molecule has 0 spiro atoms. The second kappa shape index (κ2) is 12.6. The van der Waals surface area contributed by atoms with E-state index >= 15 is 0 Å². The summed E-state index contributed by atoms with van der Waals surface area (Å²) < 4.78 is 63.4. The van der Waals surface area contributed by atoms with Gasteiger partial charge >= 0.3 is 0 Å². The van der Waals surface area contributed by atoms with Crippen LogP contribution in [0.4, 0.5) is 5.69 Å². The van der Waals surface area contributed by atoms with Gasteiger partial charge in [-0.2, -0.15) is 4.31 Å². The minimum absolute atomic E-state index is 0.00977. The van der Waals surface area contributed by atoms with Gasteiger partial charge < -0.3 is 14.7 Å². The van der Waals surface area contributed by atoms with Gasteiger partial charge in [-0.1, -0.05) is 42.3 Å². The Kier molecular flexibility index (Phi) is 9.53. The minimum Gasteiger partial charge on any atom is -0.486 e. The molecule has 0 fully saturated rings. The Morgan fingerprint density at radius 1 is 1.05 bits per heavy atom. The predicted molar refractivity (Wildman–Crippen MR) is 161 cm³/mol. The fourth-order valence-corrected chi connectivity index (χ4v) is 6.97. The monoisotopic (exact) mass is 635 g/mol. The Bertz CT molecular complexity index is 1650. The van der Waals surface area contributed by atoms with E-state index in [0.29, 0.717) is 5.02 Å². The summed E-state index contributed by atoms with van der Waals surface area (Å²) >= 11 is 5.92. The first-order valence-corrected chi connectivity index (χ1v) is 16.6. The molecule has 42 heavy (non-hydrogen) atoms. The highest BCUT2D eigenvalue weighted by Gasteiger charge is 2.36. The Hall–Kier alpha value is -3.16. The third-order valence-corrected chi connectivity index (χ3v) is 10.7. The van der Waals surface area contributed by atoms with Crippen LogP contribution in [0.15, 0.2) is 76.5 Å². The summed E-state index contributed by atoms with van der Waals surface area (Å²) in [5.74, 6) is -0.898. The molecule has 1 heterocycles. The van der Waals surface area contributed by atoms with Gasteiger partial charge in [0.05, 0.1) is 40.2 Å². The summed E-state index contributed by atoms with van der Waals surface area (Å²) in [6, 6.07) is 16.0. The molecule has 4 rings (SSSR count). The summed E-state index contributed by atoms with van der Waals surface area (Å²) in [5.41, 5.74) is 1.00. The summed E-state index contributed by atoms with van der Waals surface area (Å²) in [5, 5.41) is 10.3. The number of carbonyl (C=O) groups is 1. The van der Waals surface area contributed by atoms with E-state index in [-0.39, 0.29) is 46.5 Å². The van der Waals surface area contributed by atoms with Crippen molar-refractivity contribution in [2.45, 2.75) is 42.7 Å². The quantitative estimate of drug-likeness (QED) is 0.363. The zero-order valence-corrected chi connectivity index (χ0v) is 26.1. The maximum atomic E-state index is 13.7. The lowest BCUT2D eigenvalue weighted by molar-refractivity contribution is 0.0389. The van der Waals surface area contributed by atoms with Crippen molar-refractivity contribution in [2.24, 2.45) is 5.92 Å². The van der Waals surface area contributed by atoms with Crippen molar-refractivity contribution in [1.29, 1.82) is 0 Å². The van der Waals surface area contributed by atoms with Crippen LogP contribution < -0.4 is 9.46 Å². The van der Waals surface area contributed by atoms with E-state index < -0.39 is 44.0 Å². The van der Waals surface area contributed by atoms with Crippen molar-refractivity contribution in [1.82, 2.24) is 9.21 Å². The van der Waals surface area contributed by atoms with Crippen LogP contribution in [0.5, 0.6) is 5.75 Å². The number of ether oxygens (including phenoxy) is 1. The second-order valence-corrected chi connectivity index (χ2v) is 14.6. The number of likely N-dealkylation sites (N-methyl/N-ethyl adjacent to an activating group) is 1. The van der Waals surface area contributed by atoms with Gasteiger partial charge in [0.25, 0.3) is 15.9 Å². The van der Waals surface area contributed by atoms with Crippen LogP contribution >= 0.6 is 11.6 Å². The fourth-order valence-electron chi connectivity index (χ4n) is 4.60. The number of anilines is 1. The molecule has 226 valence electrons. The van der Waals surface area contributed by atoms with Gasteiger partial charge in [0.2, 0.25) is 10.0 Å². The number of hydrogen-bond donors (Lipinski definition) is 2. The summed E-state index contributed by atoms with van der Waals surface area (Å²) in [6.45, 7) is 5.15. The van der Waals surface area contributed by atoms with Gasteiger partial charge in [0, 0.05) is 24.5 Å². The molecule has 0 bridgehead atoms. The van der Waals surface area contributed by atoms with Crippen LogP contribution in [0.3, 0.4) is 0 Å². The summed E-state index contributed by atoms with van der Waals surface area (Å²) in [7, 11) is -6.56. The van der Waals surface area contributed by atoms with Gasteiger partial charge in [-0.3, -0.25) is 9.52 Å². The molecule has 1 aliphatic heterocycles. The lowest BCUT2D eigenvalue weighted by atomic mass is 9.99. The van der Waals surface area contributed by atoms with E-state index in [1.807, 2.05) is 13.8 Å². The minimum atomic E-state index is -4.11. The first-order chi connectivity index (χ1) is 19.7. The molecule has 13 heteroatoms. The number of fused-ring (bicyclic) bond motifs is 1. The third-order valence-electron chi connectivity index (χ3n) is 7.23. The molecular formula is C29H34ClN3O7S2. The molecule has 3 atom stereocenters. The van der Waals surface area contributed by atoms with Crippen molar-refractivity contribution in [3.05, 3.63) is 82.9 Å². The van der Waals surface area contributed by atoms with Crippen LogP contribution in [0.25, 0.3) is 0 Å². The smallest absolute Gasteiger partial charge is 0.262 e. The van der Waals surface area contributed by atoms with E-state index in [4.69, 9.17) is 16.3 Å². The van der Waals surface area contributed by atoms with Crippen molar-refractivity contribution >= 4 is 43.2 Å². The molecule has 0 aliphatic carbocycles. The molecule has 0 aromatic heterocycles. The van der Waals surface area contributed by atoms with Gasteiger partial charge in [-0.15, -0.1) is 0 Å². The van der Waals surface area contributed by atoms with E-state index in [0.717, 1.165) is 5.56 Å². The number of benzene rings is 3. The molecule has 10 nitrogen and oxygen atoms in total. The number of aliphatic hydroxyl groups excluding tert-OH is 1. The van der Waals surface area contributed by atoms with Crippen LogP contribution in [0.1, 0.15) is 29.8 Å². The molecule has 0 unspecified atom stereocenters. The van der Waals surface area contributed by atoms with E-state index in [2.05, 4.69) is 4.72 Å². The highest BCUT2D eigenvalue weighted by molar-refractivity contribution is 7.92. The van der Waals surface area contributed by atoms with Crippen molar-refractivity contribution < 1.29 is 31.5 Å². The molecule has 3 aromatic rings. The Morgan fingerprint density at radius 3 is 2.29 bits per heavy atom. The first kappa shape index (κ1) is 31.8. The predicted octanol–water partition coefficient (Wildman–Crippen LogP) is 3.99. The van der Waals surface area contributed by atoms with Crippen molar-refractivity contribution in [3.8, 4) is 5.75 Å². The Morgan fingerprint density at radius 2 is 1.67 bits per heavy atom. The maximum Gasteiger partial charge on any atom is 0.262 e. The van der Waals surface area contributed by atoms with Crippen LogP contribution in [0.2, 0.25) is 5.02 Å². The number of para-hydroxylation sites is 1. The summed E-state index contributed by atoms with van der Waals surface area (Å²) in [4.78, 5) is 15.3. The number of nitrogens with one attached hydrogen (secondary N) is 1. The van der Waals surface area contributed by atoms with Gasteiger partial charge in [0.15, 0.2) is 5.75 Å². The zero-order chi connectivity index (χ0) is 30.8. The van der Waals surface area contributed by atoms with Crippen molar-refractivity contribution in [2.75, 3.05) is 31.5 Å². The second-order valence-electron chi connectivity index (χ2n) is 10.5. The van der Waals surface area contributed by atoms with E-state index in [1.165, 1.54) is 70.9 Å². The number of amides is 1. The maximum absolute atomic E-state index is 13.7. The molecule has 0 radical (unpaired) electrons. The highest BCUT2D eigenvalue weighted by atomic mass is 35.5. The third kappa shape index (κ3) is 6.73. The number of rotatable bonds is 9. The SMILES string of the molecule is Cc1ccc(S(=O)(=O)N(C)C[C@H]2Oc3c(NS(=O)(=O)c4ccc(Cl)cc4)cccc3C(=O)N([C@H](C)CO)C[C@H]2C)cc1. The molecule has 1 amide bonds. The fraction of sp³-hybridized carbons (Fsp3) is 0.345. The standard InChI is InChI=1S/C29H34ClN3O7S2/c1-19-8-12-24(13-9-19)42(38,39)32(4)17-27-20(2)16-33(21(3)18-34)29(35)25-6-5-7-26(28(25)40-27)31-41(36,37)23-14-10-22(30)11-15-23/h5-15,20-21,27,31,34H,16-18H2,1-4H3/t20-,21-,27-/m1/s1. The average Bonchev–Trinajstić information content (AvgIpc) is 2.95. The first-order valence-electron chi connectivity index (χ1n) is 13.3. The molecule has 0 saturated carbocycles. The van der Waals surface area contributed by atoms with Gasteiger partial charge in [0.1, 0.15) is 6.10 Å². The largest absolute Gasteiger partial charge is 0.486 e. The molecular weight excluding hydrogens is 602 g/mol. The molecule has 3 aromatic carbocycles. The van der Waals surface area contributed by atoms with Gasteiger partial charge in [-0.05, 0) is 62.4 Å². The number of nitrogens with zero attached hydrogens (tertiary/aromatic N) is 2. The molecule has 1 aliphatic rings. The van der Waals surface area contributed by atoms with E-state index in [9.17, 15) is 26.7 Å². The zero-order valence-electron chi connectivity index (χ0n) is 23.7. The summed E-state index contributed by atoms with van der Waals surface area (Å²) in [6.07, 6.45) is -0.795. The Labute approximate surface area is 252 Å². The van der Waals surface area contributed by atoms with Crippen molar-refractivity contribution in [3.63, 3.8) is 0 Å². The van der Waals surface area contributed by atoms with Crippen LogP contribution in [0, 0.1) is 12.8 Å².